The van der Waals surface area contributed by atoms with Crippen molar-refractivity contribution in [2.24, 2.45) is 11.8 Å². The second-order valence-electron chi connectivity index (χ2n) is 5.64. The summed E-state index contributed by atoms with van der Waals surface area (Å²) in [6, 6.07) is 0. The highest BCUT2D eigenvalue weighted by atomic mass is 35.5. The Balaban J connectivity index is 1.92. The quantitative estimate of drug-likeness (QED) is 0.814. The van der Waals surface area contributed by atoms with Gasteiger partial charge in [-0.1, -0.05) is 24.9 Å². The van der Waals surface area contributed by atoms with E-state index in [9.17, 15) is 5.11 Å². The highest BCUT2D eigenvalue weighted by Crippen LogP contribution is 2.30. The first-order valence-electron chi connectivity index (χ1n) is 7.76. The van der Waals surface area contributed by atoms with Gasteiger partial charge in [-0.25, -0.2) is 0 Å². The lowest BCUT2D eigenvalue weighted by Crippen LogP contribution is -2.27. The first kappa shape index (κ1) is 15.8. The Morgan fingerprint density at radius 2 is 2.10 bits per heavy atom. The maximum absolute atomic E-state index is 9.35. The number of aromatic nitrogens is 2. The summed E-state index contributed by atoms with van der Waals surface area (Å²) < 4.78 is 1.99. The summed E-state index contributed by atoms with van der Waals surface area (Å²) in [5.41, 5.74) is 2.07. The number of aryl methyl sites for hydroxylation is 2. The Hall–Kier alpha value is -0.580. The van der Waals surface area contributed by atoms with Gasteiger partial charge < -0.3 is 10.4 Å². The topological polar surface area (TPSA) is 50.1 Å². The predicted octanol–water partition coefficient (Wildman–Crippen LogP) is 2.62. The van der Waals surface area contributed by atoms with E-state index < -0.39 is 0 Å². The van der Waals surface area contributed by atoms with Crippen LogP contribution in [-0.4, -0.2) is 28.0 Å². The van der Waals surface area contributed by atoms with Crippen molar-refractivity contribution in [2.45, 2.75) is 52.6 Å². The van der Waals surface area contributed by atoms with E-state index in [0.717, 1.165) is 48.9 Å². The van der Waals surface area contributed by atoms with Gasteiger partial charge in [0.1, 0.15) is 0 Å². The van der Waals surface area contributed by atoms with Crippen LogP contribution in [0.1, 0.15) is 44.5 Å². The third-order valence-corrected chi connectivity index (χ3v) is 4.88. The molecule has 1 heterocycles. The average Bonchev–Trinajstić information content (AvgIpc) is 3.04. The van der Waals surface area contributed by atoms with E-state index in [1.54, 1.807) is 0 Å². The summed E-state index contributed by atoms with van der Waals surface area (Å²) in [6.07, 6.45) is 4.49. The summed E-state index contributed by atoms with van der Waals surface area (Å²) in [4.78, 5) is 0. The molecule has 1 aromatic heterocycles. The van der Waals surface area contributed by atoms with Gasteiger partial charge in [-0.2, -0.15) is 5.10 Å². The lowest BCUT2D eigenvalue weighted by molar-refractivity contribution is 0.192. The molecule has 2 rings (SSSR count). The third kappa shape index (κ3) is 3.35. The molecule has 2 atom stereocenters. The van der Waals surface area contributed by atoms with E-state index in [2.05, 4.69) is 24.3 Å². The van der Waals surface area contributed by atoms with E-state index in [1.807, 2.05) is 4.68 Å². The van der Waals surface area contributed by atoms with Crippen LogP contribution in [0.15, 0.2) is 0 Å². The van der Waals surface area contributed by atoms with Crippen LogP contribution in [0.2, 0.25) is 5.02 Å². The number of hydrogen-bond acceptors (Lipinski definition) is 3. The zero-order chi connectivity index (χ0) is 14.5. The smallest absolute Gasteiger partial charge is 0.0863 e. The normalized spacial score (nSPS) is 22.6. The van der Waals surface area contributed by atoms with Crippen LogP contribution in [0, 0.1) is 11.8 Å². The number of hydrogen-bond donors (Lipinski definition) is 2. The van der Waals surface area contributed by atoms with E-state index >= 15 is 0 Å². The molecule has 4 nitrogen and oxygen atoms in total. The maximum atomic E-state index is 9.35. The molecule has 1 fully saturated rings. The van der Waals surface area contributed by atoms with E-state index in [-0.39, 0.29) is 0 Å². The van der Waals surface area contributed by atoms with E-state index in [1.165, 1.54) is 12.8 Å². The minimum Gasteiger partial charge on any atom is -0.396 e. The molecule has 0 aliphatic heterocycles. The molecule has 2 N–H and O–H groups in total. The fourth-order valence-electron chi connectivity index (χ4n) is 3.18. The molecule has 0 bridgehead atoms. The number of halogens is 1. The highest BCUT2D eigenvalue weighted by Gasteiger charge is 2.26. The fraction of sp³-hybridized carbons (Fsp3) is 0.800. The SMILES string of the molecule is CCc1nn(CC)c(CNCC2CCCC2CO)c1Cl. The molecule has 0 spiro atoms. The molecule has 114 valence electrons. The lowest BCUT2D eigenvalue weighted by atomic mass is 9.97. The molecule has 1 aliphatic rings. The molecule has 0 aromatic carbocycles. The van der Waals surface area contributed by atoms with Gasteiger partial charge in [-0.3, -0.25) is 4.68 Å². The Morgan fingerprint density at radius 1 is 1.35 bits per heavy atom. The number of nitrogens with zero attached hydrogens (tertiary/aromatic N) is 2. The minimum absolute atomic E-state index is 0.319. The van der Waals surface area contributed by atoms with Crippen molar-refractivity contribution >= 4 is 11.6 Å². The zero-order valence-corrected chi connectivity index (χ0v) is 13.3. The van der Waals surface area contributed by atoms with Crippen molar-refractivity contribution in [3.8, 4) is 0 Å². The van der Waals surface area contributed by atoms with Gasteiger partial charge in [0.2, 0.25) is 0 Å². The van der Waals surface area contributed by atoms with Gasteiger partial charge >= 0.3 is 0 Å². The van der Waals surface area contributed by atoms with Crippen LogP contribution in [0.5, 0.6) is 0 Å². The van der Waals surface area contributed by atoms with Crippen LogP contribution >= 0.6 is 11.6 Å². The average molecular weight is 300 g/mol. The third-order valence-electron chi connectivity index (χ3n) is 4.44. The molecule has 0 amide bonds. The molecule has 1 aromatic rings. The largest absolute Gasteiger partial charge is 0.396 e. The Kier molecular flexibility index (Phi) is 5.87. The first-order chi connectivity index (χ1) is 9.71. The van der Waals surface area contributed by atoms with Gasteiger partial charge in [-0.15, -0.1) is 0 Å². The van der Waals surface area contributed by atoms with Gasteiger partial charge in [0.15, 0.2) is 0 Å². The van der Waals surface area contributed by atoms with Crippen molar-refractivity contribution < 1.29 is 5.11 Å². The Morgan fingerprint density at radius 3 is 2.75 bits per heavy atom. The van der Waals surface area contributed by atoms with Gasteiger partial charge in [0.25, 0.3) is 0 Å². The maximum Gasteiger partial charge on any atom is 0.0863 e. The van der Waals surface area contributed by atoms with Crippen LogP contribution in [0.4, 0.5) is 0 Å². The van der Waals surface area contributed by atoms with Crippen LogP contribution in [0.25, 0.3) is 0 Å². The standard InChI is InChI=1S/C15H26ClN3O/c1-3-13-15(16)14(19(4-2)18-13)9-17-8-11-6-5-7-12(11)10-20/h11-12,17,20H,3-10H2,1-2H3. The first-order valence-corrected chi connectivity index (χ1v) is 8.14. The van der Waals surface area contributed by atoms with Gasteiger partial charge in [0.05, 0.1) is 16.4 Å². The summed E-state index contributed by atoms with van der Waals surface area (Å²) in [5, 5.41) is 18.2. The Labute approximate surface area is 126 Å². The van der Waals surface area contributed by atoms with Crippen LogP contribution in [-0.2, 0) is 19.5 Å². The van der Waals surface area contributed by atoms with Gasteiger partial charge in [0, 0.05) is 19.7 Å². The van der Waals surface area contributed by atoms with Crippen molar-refractivity contribution in [3.63, 3.8) is 0 Å². The summed E-state index contributed by atoms with van der Waals surface area (Å²) in [6.45, 7) is 7.05. The van der Waals surface area contributed by atoms with Crippen molar-refractivity contribution in [1.82, 2.24) is 15.1 Å². The zero-order valence-electron chi connectivity index (χ0n) is 12.5. The van der Waals surface area contributed by atoms with Crippen molar-refractivity contribution in [1.29, 1.82) is 0 Å². The predicted molar refractivity (Wildman–Crippen MR) is 81.9 cm³/mol. The Bertz CT molecular complexity index is 433. The number of aliphatic hydroxyl groups is 1. The molecular formula is C15H26ClN3O. The summed E-state index contributed by atoms with van der Waals surface area (Å²) >= 11 is 6.40. The van der Waals surface area contributed by atoms with E-state index in [4.69, 9.17) is 11.6 Å². The summed E-state index contributed by atoms with van der Waals surface area (Å²) in [5.74, 6) is 1.07. The molecule has 1 saturated carbocycles. The van der Waals surface area contributed by atoms with Crippen molar-refractivity contribution in [3.05, 3.63) is 16.4 Å². The molecule has 0 saturated heterocycles. The van der Waals surface area contributed by atoms with Crippen LogP contribution in [0.3, 0.4) is 0 Å². The number of aliphatic hydroxyl groups excluding tert-OH is 1. The lowest BCUT2D eigenvalue weighted by Gasteiger charge is -2.18. The second-order valence-corrected chi connectivity index (χ2v) is 6.02. The highest BCUT2D eigenvalue weighted by molar-refractivity contribution is 6.31. The minimum atomic E-state index is 0.319. The number of rotatable bonds is 7. The molecule has 5 heteroatoms. The van der Waals surface area contributed by atoms with Crippen molar-refractivity contribution in [2.75, 3.05) is 13.2 Å². The van der Waals surface area contributed by atoms with Gasteiger partial charge in [-0.05, 0) is 44.6 Å². The second kappa shape index (κ2) is 7.43. The molecule has 0 radical (unpaired) electrons. The summed E-state index contributed by atoms with van der Waals surface area (Å²) in [7, 11) is 0. The molecule has 1 aliphatic carbocycles. The van der Waals surface area contributed by atoms with E-state index in [0.29, 0.717) is 18.4 Å². The molecule has 20 heavy (non-hydrogen) atoms. The van der Waals surface area contributed by atoms with Crippen LogP contribution < -0.4 is 5.32 Å². The monoisotopic (exact) mass is 299 g/mol. The molecular weight excluding hydrogens is 274 g/mol. The fourth-order valence-corrected chi connectivity index (χ4v) is 3.52. The number of nitrogens with one attached hydrogen (secondary N) is 1. The molecule has 2 unspecified atom stereocenters.